The number of benzene rings is 2. The van der Waals surface area contributed by atoms with Crippen LogP contribution in [0.1, 0.15) is 19.3 Å². The smallest absolute Gasteiger partial charge is 0.379 e. The van der Waals surface area contributed by atoms with Gasteiger partial charge in [-0.25, -0.2) is 9.37 Å². The summed E-state index contributed by atoms with van der Waals surface area (Å²) in [6, 6.07) is 9.61. The molecule has 4 aromatic rings. The molecular formula is C29H29F4N7O2. The Kier molecular flexibility index (Phi) is 6.37. The first-order chi connectivity index (χ1) is 20.1. The van der Waals surface area contributed by atoms with E-state index in [9.17, 15) is 22.8 Å². The predicted molar refractivity (Wildman–Crippen MR) is 151 cm³/mol. The van der Waals surface area contributed by atoms with Gasteiger partial charge in [0.15, 0.2) is 0 Å². The molecule has 9 nitrogen and oxygen atoms in total. The van der Waals surface area contributed by atoms with E-state index in [1.54, 1.807) is 4.90 Å². The van der Waals surface area contributed by atoms with E-state index in [1.807, 2.05) is 29.6 Å². The van der Waals surface area contributed by atoms with E-state index >= 15 is 4.39 Å². The zero-order chi connectivity index (χ0) is 29.2. The number of alkyl halides is 3. The number of hydrogen-bond donors (Lipinski definition) is 4. The number of carbonyl (C=O) groups is 1. The monoisotopic (exact) mass is 583 g/mol. The van der Waals surface area contributed by atoms with E-state index < -0.39 is 29.5 Å². The molecule has 13 heteroatoms. The molecule has 1 unspecified atom stereocenters. The third-order valence-electron chi connectivity index (χ3n) is 8.82. The SMILES string of the molecule is O=C(NC1CCN(c2cc3[nH]c(=O)c(-c4nc5ccccc5[nH]4)c(N[C@H]4CN5CCC4CC5)c3cc2F)C1)C(F)(F)F. The van der Waals surface area contributed by atoms with Crippen LogP contribution in [-0.4, -0.2) is 76.7 Å². The second-order valence-electron chi connectivity index (χ2n) is 11.4. The van der Waals surface area contributed by atoms with Crippen LogP contribution < -0.4 is 21.1 Å². The summed E-state index contributed by atoms with van der Waals surface area (Å²) in [6.07, 6.45) is -2.68. The van der Waals surface area contributed by atoms with Crippen LogP contribution in [0.2, 0.25) is 0 Å². The Morgan fingerprint density at radius 1 is 1.00 bits per heavy atom. The summed E-state index contributed by atoms with van der Waals surface area (Å²) < 4.78 is 54.0. The van der Waals surface area contributed by atoms with Gasteiger partial charge in [0.25, 0.3) is 5.56 Å². The van der Waals surface area contributed by atoms with Crippen molar-refractivity contribution in [3.8, 4) is 11.4 Å². The van der Waals surface area contributed by atoms with Crippen LogP contribution in [0.25, 0.3) is 33.3 Å². The quantitative estimate of drug-likeness (QED) is 0.265. The summed E-state index contributed by atoms with van der Waals surface area (Å²) >= 11 is 0. The lowest BCUT2D eigenvalue weighted by Gasteiger charge is -2.45. The van der Waals surface area contributed by atoms with Crippen molar-refractivity contribution in [2.75, 3.05) is 42.9 Å². The van der Waals surface area contributed by atoms with Crippen LogP contribution in [0.4, 0.5) is 28.9 Å². The van der Waals surface area contributed by atoms with E-state index in [0.29, 0.717) is 39.4 Å². The number of nitrogens with one attached hydrogen (secondary N) is 4. The van der Waals surface area contributed by atoms with Gasteiger partial charge < -0.3 is 30.4 Å². The molecule has 0 spiro atoms. The zero-order valence-corrected chi connectivity index (χ0v) is 22.5. The Morgan fingerprint density at radius 2 is 1.79 bits per heavy atom. The zero-order valence-electron chi connectivity index (χ0n) is 22.5. The van der Waals surface area contributed by atoms with Crippen LogP contribution in [0.5, 0.6) is 0 Å². The lowest BCUT2D eigenvalue weighted by atomic mass is 9.83. The molecule has 0 radical (unpaired) electrons. The number of nitrogens with zero attached hydrogens (tertiary/aromatic N) is 3. The normalized spacial score (nSPS) is 24.0. The summed E-state index contributed by atoms with van der Waals surface area (Å²) in [5.74, 6) is -1.80. The van der Waals surface area contributed by atoms with Crippen molar-refractivity contribution >= 4 is 39.2 Å². The van der Waals surface area contributed by atoms with Crippen LogP contribution in [0, 0.1) is 11.7 Å². The fourth-order valence-corrected chi connectivity index (χ4v) is 6.67. The van der Waals surface area contributed by atoms with E-state index in [1.165, 1.54) is 12.1 Å². The minimum Gasteiger partial charge on any atom is -0.379 e. The molecule has 1 amide bonds. The minimum atomic E-state index is -4.99. The van der Waals surface area contributed by atoms with Gasteiger partial charge in [-0.2, -0.15) is 13.2 Å². The highest BCUT2D eigenvalue weighted by Crippen LogP contribution is 2.38. The number of para-hydroxylation sites is 2. The number of imidazole rings is 1. The van der Waals surface area contributed by atoms with Gasteiger partial charge in [-0.15, -0.1) is 0 Å². The molecule has 4 aliphatic heterocycles. The lowest BCUT2D eigenvalue weighted by Crippen LogP contribution is -2.53. The van der Waals surface area contributed by atoms with E-state index in [0.717, 1.165) is 38.0 Å². The molecule has 220 valence electrons. The first-order valence-corrected chi connectivity index (χ1v) is 14.1. The number of halogens is 4. The van der Waals surface area contributed by atoms with Crippen molar-refractivity contribution in [3.05, 3.63) is 52.6 Å². The Morgan fingerprint density at radius 3 is 2.50 bits per heavy atom. The second-order valence-corrected chi connectivity index (χ2v) is 11.4. The third kappa shape index (κ3) is 4.75. The number of rotatable bonds is 5. The van der Waals surface area contributed by atoms with Crippen molar-refractivity contribution in [2.45, 2.75) is 37.5 Å². The summed E-state index contributed by atoms with van der Waals surface area (Å²) in [4.78, 5) is 39.9. The summed E-state index contributed by atoms with van der Waals surface area (Å²) in [7, 11) is 0. The maximum Gasteiger partial charge on any atom is 0.471 e. The summed E-state index contributed by atoms with van der Waals surface area (Å²) in [6.45, 7) is 3.15. The van der Waals surface area contributed by atoms with Gasteiger partial charge in [0.05, 0.1) is 27.9 Å². The molecule has 4 aliphatic rings. The topological polar surface area (TPSA) is 109 Å². The number of piperidine rings is 3. The van der Waals surface area contributed by atoms with Crippen LogP contribution in [-0.2, 0) is 4.79 Å². The average molecular weight is 584 g/mol. The number of hydrogen-bond acceptors (Lipinski definition) is 6. The molecule has 2 bridgehead atoms. The third-order valence-corrected chi connectivity index (χ3v) is 8.82. The summed E-state index contributed by atoms with van der Waals surface area (Å²) in [5, 5.41) is 6.06. The Balaban J connectivity index is 1.29. The number of aromatic amines is 2. The van der Waals surface area contributed by atoms with Gasteiger partial charge in [0.2, 0.25) is 0 Å². The molecule has 0 aliphatic carbocycles. The summed E-state index contributed by atoms with van der Waals surface area (Å²) in [5.41, 5.74) is 2.38. The Bertz CT molecular complexity index is 1710. The van der Waals surface area contributed by atoms with E-state index in [2.05, 4.69) is 25.2 Å². The molecule has 2 aromatic carbocycles. The van der Waals surface area contributed by atoms with Crippen LogP contribution >= 0.6 is 0 Å². The van der Waals surface area contributed by atoms with Gasteiger partial charge >= 0.3 is 12.1 Å². The molecular weight excluding hydrogens is 554 g/mol. The molecule has 2 aromatic heterocycles. The van der Waals surface area contributed by atoms with Gasteiger partial charge in [-0.05, 0) is 62.5 Å². The number of aromatic nitrogens is 3. The highest BCUT2D eigenvalue weighted by Gasteiger charge is 2.41. The number of pyridine rings is 1. The molecule has 0 saturated carbocycles. The fraction of sp³-hybridized carbons (Fsp3) is 0.414. The molecule has 42 heavy (non-hydrogen) atoms. The number of carbonyl (C=O) groups excluding carboxylic acids is 1. The standard InChI is InChI=1S/C29H29F4N7O2/c30-18-11-17-21(12-23(18)40-10-7-16(13-40)34-28(42)29(31,32)33)38-27(41)24(26-36-19-3-1-2-4-20(19)37-26)25(17)35-22-14-39-8-5-15(22)6-9-39/h1-4,11-12,15-16,22H,5-10,13-14H2,(H,34,42)(H,36,37)(H2,35,38,41)/t16?,22-/m0/s1. The highest BCUT2D eigenvalue weighted by molar-refractivity contribution is 6.00. The molecule has 2 atom stereocenters. The molecule has 4 saturated heterocycles. The first-order valence-electron chi connectivity index (χ1n) is 14.1. The largest absolute Gasteiger partial charge is 0.471 e. The Hall–Kier alpha value is -4.13. The molecule has 4 fully saturated rings. The van der Waals surface area contributed by atoms with Gasteiger partial charge in [0, 0.05) is 37.1 Å². The first kappa shape index (κ1) is 26.7. The van der Waals surface area contributed by atoms with E-state index in [-0.39, 0.29) is 31.2 Å². The number of amides is 1. The van der Waals surface area contributed by atoms with Gasteiger partial charge in [0.1, 0.15) is 17.2 Å². The average Bonchev–Trinajstić information content (AvgIpc) is 3.60. The lowest BCUT2D eigenvalue weighted by molar-refractivity contribution is -0.174. The van der Waals surface area contributed by atoms with Crippen LogP contribution in [0.3, 0.4) is 0 Å². The fourth-order valence-electron chi connectivity index (χ4n) is 6.67. The minimum absolute atomic E-state index is 0.0102. The van der Waals surface area contributed by atoms with Crippen molar-refractivity contribution < 1.29 is 22.4 Å². The van der Waals surface area contributed by atoms with Crippen molar-refractivity contribution in [2.24, 2.45) is 5.92 Å². The number of H-pyrrole nitrogens is 2. The van der Waals surface area contributed by atoms with Crippen molar-refractivity contribution in [3.63, 3.8) is 0 Å². The molecule has 8 rings (SSSR count). The Labute approximate surface area is 237 Å². The second kappa shape index (κ2) is 10.0. The number of anilines is 2. The van der Waals surface area contributed by atoms with Crippen molar-refractivity contribution in [1.29, 1.82) is 0 Å². The molecule has 6 heterocycles. The predicted octanol–water partition coefficient (Wildman–Crippen LogP) is 3.97. The van der Waals surface area contributed by atoms with Gasteiger partial charge in [-0.3, -0.25) is 9.59 Å². The van der Waals surface area contributed by atoms with Crippen LogP contribution in [0.15, 0.2) is 41.2 Å². The maximum atomic E-state index is 15.8. The highest BCUT2D eigenvalue weighted by atomic mass is 19.4. The number of fused-ring (bicyclic) bond motifs is 5. The van der Waals surface area contributed by atoms with E-state index in [4.69, 9.17) is 0 Å². The maximum absolute atomic E-state index is 15.8. The van der Waals surface area contributed by atoms with Crippen molar-refractivity contribution in [1.82, 2.24) is 25.2 Å². The molecule has 4 N–H and O–H groups in total. The van der Waals surface area contributed by atoms with Gasteiger partial charge in [-0.1, -0.05) is 12.1 Å².